The quantitative estimate of drug-likeness (QED) is 0.504. The van der Waals surface area contributed by atoms with Gasteiger partial charge in [-0.15, -0.1) is 0 Å². The van der Waals surface area contributed by atoms with Gasteiger partial charge >= 0.3 is 0 Å². The number of pyridine rings is 1. The predicted octanol–water partition coefficient (Wildman–Crippen LogP) is 2.48. The van der Waals surface area contributed by atoms with Gasteiger partial charge in [-0.25, -0.2) is 19.9 Å². The Morgan fingerprint density at radius 1 is 1.16 bits per heavy atom. The van der Waals surface area contributed by atoms with Crippen LogP contribution in [0.4, 0.5) is 5.95 Å². The van der Waals surface area contributed by atoms with Crippen LogP contribution in [0.3, 0.4) is 0 Å². The van der Waals surface area contributed by atoms with E-state index in [0.29, 0.717) is 5.65 Å². The standard InChI is InChI=1S/C21H24N8OS/c1-13-17(22)21(11-30-13)3-7-28(8-4-21)20-25-10-15(19-24-6-9-29(19)20)31-14-2-5-23-18-16(14)26-12-27-18/h2,5-6,9-10,12-13,17H,3-4,7-8,11,22H2,1H3,(H,23,26,27)/t13-,17+/m0/s1. The van der Waals surface area contributed by atoms with Gasteiger partial charge in [0.15, 0.2) is 11.3 Å². The average molecular weight is 437 g/mol. The molecule has 9 nitrogen and oxygen atoms in total. The summed E-state index contributed by atoms with van der Waals surface area (Å²) in [6.45, 7) is 4.67. The Balaban J connectivity index is 1.29. The fourth-order valence-electron chi connectivity index (χ4n) is 4.84. The zero-order chi connectivity index (χ0) is 21.0. The lowest BCUT2D eigenvalue weighted by Crippen LogP contribution is -2.51. The number of ether oxygens (including phenoxy) is 1. The Bertz CT molecular complexity index is 1240. The van der Waals surface area contributed by atoms with Crippen LogP contribution in [0.25, 0.3) is 16.8 Å². The van der Waals surface area contributed by atoms with E-state index < -0.39 is 0 Å². The van der Waals surface area contributed by atoms with E-state index in [-0.39, 0.29) is 17.6 Å². The van der Waals surface area contributed by atoms with Crippen molar-refractivity contribution < 1.29 is 4.74 Å². The first kappa shape index (κ1) is 19.0. The van der Waals surface area contributed by atoms with Crippen molar-refractivity contribution in [2.75, 3.05) is 24.6 Å². The summed E-state index contributed by atoms with van der Waals surface area (Å²) >= 11 is 1.62. The molecule has 160 valence electrons. The highest BCUT2D eigenvalue weighted by molar-refractivity contribution is 7.99. The van der Waals surface area contributed by atoms with Gasteiger partial charge in [0, 0.05) is 54.2 Å². The Hall–Kier alpha value is -2.69. The smallest absolute Gasteiger partial charge is 0.211 e. The zero-order valence-electron chi connectivity index (χ0n) is 17.2. The fourth-order valence-corrected chi connectivity index (χ4v) is 5.81. The third-order valence-electron chi connectivity index (χ3n) is 6.77. The first-order valence-electron chi connectivity index (χ1n) is 10.5. The molecule has 2 atom stereocenters. The molecular formula is C21H24N8OS. The van der Waals surface area contributed by atoms with E-state index in [1.165, 1.54) is 0 Å². The topological polar surface area (TPSA) is 110 Å². The second-order valence-electron chi connectivity index (χ2n) is 8.45. The van der Waals surface area contributed by atoms with E-state index in [1.807, 2.05) is 24.7 Å². The molecule has 0 aliphatic carbocycles. The lowest BCUT2D eigenvalue weighted by molar-refractivity contribution is 0.0973. The molecule has 6 rings (SSSR count). The number of fused-ring (bicyclic) bond motifs is 2. The highest BCUT2D eigenvalue weighted by Crippen LogP contribution is 2.42. The number of aromatic nitrogens is 6. The fraction of sp³-hybridized carbons (Fsp3) is 0.429. The molecule has 6 heterocycles. The number of nitrogens with two attached hydrogens (primary N) is 1. The van der Waals surface area contributed by atoms with Gasteiger partial charge in [0.25, 0.3) is 0 Å². The summed E-state index contributed by atoms with van der Waals surface area (Å²) in [4.78, 5) is 25.6. The third kappa shape index (κ3) is 3.00. The van der Waals surface area contributed by atoms with Crippen molar-refractivity contribution in [3.63, 3.8) is 0 Å². The molecule has 4 aromatic heterocycles. The molecule has 0 amide bonds. The minimum Gasteiger partial charge on any atom is -0.376 e. The number of anilines is 1. The van der Waals surface area contributed by atoms with E-state index >= 15 is 0 Å². The molecule has 10 heteroatoms. The van der Waals surface area contributed by atoms with E-state index in [0.717, 1.165) is 59.4 Å². The van der Waals surface area contributed by atoms with Crippen LogP contribution in [0.15, 0.2) is 47.0 Å². The maximum absolute atomic E-state index is 6.48. The van der Waals surface area contributed by atoms with Crippen molar-refractivity contribution in [3.8, 4) is 0 Å². The van der Waals surface area contributed by atoms with Gasteiger partial charge < -0.3 is 20.4 Å². The van der Waals surface area contributed by atoms with Crippen LogP contribution in [-0.4, -0.2) is 61.2 Å². The molecule has 3 N–H and O–H groups in total. The summed E-state index contributed by atoms with van der Waals surface area (Å²) in [6.07, 6.45) is 11.3. The summed E-state index contributed by atoms with van der Waals surface area (Å²) in [6, 6.07) is 2.09. The van der Waals surface area contributed by atoms with E-state index in [9.17, 15) is 0 Å². The molecular weight excluding hydrogens is 412 g/mol. The Morgan fingerprint density at radius 2 is 2.03 bits per heavy atom. The highest BCUT2D eigenvalue weighted by atomic mass is 32.2. The number of hydrogen-bond acceptors (Lipinski definition) is 8. The highest BCUT2D eigenvalue weighted by Gasteiger charge is 2.47. The van der Waals surface area contributed by atoms with Crippen LogP contribution in [0.2, 0.25) is 0 Å². The van der Waals surface area contributed by atoms with Crippen molar-refractivity contribution in [1.29, 1.82) is 0 Å². The van der Waals surface area contributed by atoms with E-state index in [1.54, 1.807) is 24.3 Å². The largest absolute Gasteiger partial charge is 0.376 e. The molecule has 0 bridgehead atoms. The lowest BCUT2D eigenvalue weighted by atomic mass is 9.73. The van der Waals surface area contributed by atoms with Gasteiger partial charge in [-0.3, -0.25) is 4.40 Å². The predicted molar refractivity (Wildman–Crippen MR) is 118 cm³/mol. The zero-order valence-corrected chi connectivity index (χ0v) is 18.0. The molecule has 2 saturated heterocycles. The van der Waals surface area contributed by atoms with Crippen molar-refractivity contribution in [3.05, 3.63) is 37.2 Å². The van der Waals surface area contributed by atoms with E-state index in [2.05, 4.69) is 36.2 Å². The molecule has 0 aromatic carbocycles. The minimum atomic E-state index is 0.0938. The van der Waals surface area contributed by atoms with Crippen molar-refractivity contribution in [2.24, 2.45) is 11.1 Å². The Labute approximate surface area is 183 Å². The Morgan fingerprint density at radius 3 is 2.84 bits per heavy atom. The minimum absolute atomic E-state index is 0.0938. The summed E-state index contributed by atoms with van der Waals surface area (Å²) in [5.41, 5.74) is 9.10. The molecule has 0 unspecified atom stereocenters. The van der Waals surface area contributed by atoms with Crippen LogP contribution in [-0.2, 0) is 4.74 Å². The SMILES string of the molecule is C[C@@H]1OCC2(CCN(c3ncc(Sc4ccnc5nc[nH]c45)c4nccn34)CC2)[C@@H]1N. The van der Waals surface area contributed by atoms with Gasteiger partial charge in [-0.05, 0) is 25.8 Å². The Kier molecular flexibility index (Phi) is 4.41. The molecule has 4 aromatic rings. The number of rotatable bonds is 3. The van der Waals surface area contributed by atoms with Gasteiger partial charge in [0.1, 0.15) is 0 Å². The van der Waals surface area contributed by atoms with Gasteiger partial charge in [0.05, 0.1) is 29.5 Å². The molecule has 0 radical (unpaired) electrons. The first-order valence-corrected chi connectivity index (χ1v) is 11.4. The van der Waals surface area contributed by atoms with Gasteiger partial charge in [0.2, 0.25) is 5.95 Å². The lowest BCUT2D eigenvalue weighted by Gasteiger charge is -2.41. The maximum Gasteiger partial charge on any atom is 0.211 e. The van der Waals surface area contributed by atoms with Crippen LogP contribution >= 0.6 is 11.8 Å². The molecule has 2 aliphatic rings. The monoisotopic (exact) mass is 436 g/mol. The summed E-state index contributed by atoms with van der Waals surface area (Å²) in [5.74, 6) is 0.925. The van der Waals surface area contributed by atoms with Crippen molar-refractivity contribution in [2.45, 2.75) is 41.7 Å². The number of nitrogens with one attached hydrogen (secondary N) is 1. The average Bonchev–Trinajstić information content (AvgIpc) is 3.53. The van der Waals surface area contributed by atoms with Crippen LogP contribution in [0.1, 0.15) is 19.8 Å². The van der Waals surface area contributed by atoms with Crippen LogP contribution < -0.4 is 10.6 Å². The number of piperidine rings is 1. The third-order valence-corrected chi connectivity index (χ3v) is 7.84. The van der Waals surface area contributed by atoms with Crippen molar-refractivity contribution in [1.82, 2.24) is 29.3 Å². The molecule has 2 aliphatic heterocycles. The van der Waals surface area contributed by atoms with Crippen LogP contribution in [0.5, 0.6) is 0 Å². The van der Waals surface area contributed by atoms with E-state index in [4.69, 9.17) is 15.5 Å². The van der Waals surface area contributed by atoms with Crippen molar-refractivity contribution >= 4 is 34.5 Å². The maximum atomic E-state index is 6.48. The number of H-pyrrole nitrogens is 1. The van der Waals surface area contributed by atoms with Crippen LogP contribution in [0, 0.1) is 5.41 Å². The number of aromatic amines is 1. The molecule has 2 fully saturated rings. The first-order chi connectivity index (χ1) is 15.1. The van der Waals surface area contributed by atoms with Gasteiger partial charge in [-0.1, -0.05) is 11.8 Å². The molecule has 31 heavy (non-hydrogen) atoms. The second kappa shape index (κ2) is 7.18. The molecule has 0 saturated carbocycles. The number of imidazole rings is 2. The second-order valence-corrected chi connectivity index (χ2v) is 9.53. The number of nitrogens with zero attached hydrogens (tertiary/aromatic N) is 6. The summed E-state index contributed by atoms with van der Waals surface area (Å²) < 4.78 is 7.95. The normalized spacial score (nSPS) is 23.4. The summed E-state index contributed by atoms with van der Waals surface area (Å²) in [5, 5.41) is 0. The summed E-state index contributed by atoms with van der Waals surface area (Å²) in [7, 11) is 0. The molecule has 1 spiro atoms. The van der Waals surface area contributed by atoms with Gasteiger partial charge in [-0.2, -0.15) is 0 Å². The number of hydrogen-bond donors (Lipinski definition) is 2.